The van der Waals surface area contributed by atoms with Crippen molar-refractivity contribution in [3.63, 3.8) is 0 Å². The molecule has 0 aliphatic rings. The standard InChI is InChI=1S/C46H33N/c1-3-10-34(11-4-1)36-18-20-37(21-19-36)38-24-28-45(29-25-38)47(44-16-5-2-6-17-44)46-30-26-39(27-31-46)41-14-9-15-42(32-41)43-23-22-35-12-7-8-13-40(35)33-43/h1-33H/i1D,3D,4D,10D,11D,18D,19D,20D,21D,24D,25D,28D,29D. The van der Waals surface area contributed by atoms with Gasteiger partial charge in [-0.25, -0.2) is 0 Å². The highest BCUT2D eigenvalue weighted by Crippen LogP contribution is 2.37. The van der Waals surface area contributed by atoms with E-state index in [1.807, 2.05) is 54.6 Å². The molecule has 8 aromatic carbocycles. The van der Waals surface area contributed by atoms with E-state index in [4.69, 9.17) is 12.3 Å². The Balaban J connectivity index is 1.23. The van der Waals surface area contributed by atoms with Crippen molar-refractivity contribution in [1.29, 1.82) is 0 Å². The molecule has 0 aromatic heterocycles. The van der Waals surface area contributed by atoms with Gasteiger partial charge in [0.2, 0.25) is 0 Å². The third kappa shape index (κ3) is 5.95. The van der Waals surface area contributed by atoms with Crippen molar-refractivity contribution in [3.05, 3.63) is 200 Å². The van der Waals surface area contributed by atoms with Crippen molar-refractivity contribution in [2.24, 2.45) is 0 Å². The van der Waals surface area contributed by atoms with Crippen molar-refractivity contribution in [3.8, 4) is 44.5 Å². The number of rotatable bonds is 7. The molecule has 0 unspecified atom stereocenters. The molecule has 8 aromatic rings. The lowest BCUT2D eigenvalue weighted by atomic mass is 9.97. The minimum Gasteiger partial charge on any atom is -0.311 e. The molecule has 0 saturated heterocycles. The normalized spacial score (nSPS) is 14.9. The summed E-state index contributed by atoms with van der Waals surface area (Å²) >= 11 is 0. The maximum atomic E-state index is 9.28. The van der Waals surface area contributed by atoms with Crippen LogP contribution < -0.4 is 4.90 Å². The number of hydrogen-bond donors (Lipinski definition) is 0. The van der Waals surface area contributed by atoms with Crippen LogP contribution in [0.25, 0.3) is 55.3 Å². The lowest BCUT2D eigenvalue weighted by molar-refractivity contribution is 1.28. The van der Waals surface area contributed by atoms with Gasteiger partial charge in [-0.2, -0.15) is 0 Å². The van der Waals surface area contributed by atoms with Crippen LogP contribution in [0.5, 0.6) is 0 Å². The van der Waals surface area contributed by atoms with Crippen LogP contribution in [0.15, 0.2) is 200 Å². The first kappa shape index (κ1) is 17.5. The van der Waals surface area contributed by atoms with E-state index in [1.54, 1.807) is 29.2 Å². The van der Waals surface area contributed by atoms with Crippen molar-refractivity contribution >= 4 is 27.8 Å². The van der Waals surface area contributed by atoms with E-state index in [-0.39, 0.29) is 5.69 Å². The molecule has 0 N–H and O–H groups in total. The number of para-hydroxylation sites is 1. The summed E-state index contributed by atoms with van der Waals surface area (Å²) < 4.78 is 113. The predicted octanol–water partition coefficient (Wildman–Crippen LogP) is 13.0. The number of benzene rings is 8. The summed E-state index contributed by atoms with van der Waals surface area (Å²) in [5.74, 6) is 0. The Labute approximate surface area is 294 Å². The molecule has 0 saturated carbocycles. The average Bonchev–Trinajstić information content (AvgIpc) is 3.27. The van der Waals surface area contributed by atoms with Gasteiger partial charge in [0.25, 0.3) is 0 Å². The lowest BCUT2D eigenvalue weighted by Crippen LogP contribution is -2.09. The molecule has 0 atom stereocenters. The number of fused-ring (bicyclic) bond motifs is 1. The van der Waals surface area contributed by atoms with E-state index in [9.17, 15) is 5.48 Å². The zero-order chi connectivity index (χ0) is 42.7. The summed E-state index contributed by atoms with van der Waals surface area (Å²) in [6, 6.07) is 30.2. The van der Waals surface area contributed by atoms with Crippen LogP contribution in [-0.4, -0.2) is 0 Å². The largest absolute Gasteiger partial charge is 0.311 e. The van der Waals surface area contributed by atoms with E-state index in [0.717, 1.165) is 33.0 Å². The Bertz CT molecular complexity index is 2940. The fourth-order valence-electron chi connectivity index (χ4n) is 5.51. The van der Waals surface area contributed by atoms with E-state index in [0.29, 0.717) is 11.4 Å². The molecule has 1 heteroatoms. The molecule has 0 fully saturated rings. The van der Waals surface area contributed by atoms with Gasteiger partial charge in [-0.3, -0.25) is 0 Å². The second-order valence-corrected chi connectivity index (χ2v) is 10.8. The Kier molecular flexibility index (Phi) is 4.72. The summed E-state index contributed by atoms with van der Waals surface area (Å²) in [7, 11) is 0. The van der Waals surface area contributed by atoms with E-state index >= 15 is 0 Å². The van der Waals surface area contributed by atoms with Crippen LogP contribution in [0.4, 0.5) is 17.1 Å². The van der Waals surface area contributed by atoms with Gasteiger partial charge in [0.15, 0.2) is 0 Å². The van der Waals surface area contributed by atoms with Gasteiger partial charge < -0.3 is 4.90 Å². The molecule has 0 aliphatic heterocycles. The number of nitrogens with zero attached hydrogens (tertiary/aromatic N) is 1. The van der Waals surface area contributed by atoms with Crippen molar-refractivity contribution < 1.29 is 17.8 Å². The predicted molar refractivity (Wildman–Crippen MR) is 200 cm³/mol. The topological polar surface area (TPSA) is 3.24 Å². The zero-order valence-corrected chi connectivity index (χ0v) is 25.0. The summed E-state index contributed by atoms with van der Waals surface area (Å²) in [4.78, 5) is 1.59. The van der Waals surface area contributed by atoms with Gasteiger partial charge in [0.1, 0.15) is 0 Å². The summed E-state index contributed by atoms with van der Waals surface area (Å²) in [5.41, 5.74) is 2.86. The van der Waals surface area contributed by atoms with Gasteiger partial charge in [-0.1, -0.05) is 151 Å². The van der Waals surface area contributed by atoms with Crippen LogP contribution in [0.2, 0.25) is 0 Å². The minimum atomic E-state index is -0.765. The van der Waals surface area contributed by atoms with Crippen LogP contribution in [0, 0.1) is 0 Å². The van der Waals surface area contributed by atoms with E-state index in [2.05, 4.69) is 42.5 Å². The van der Waals surface area contributed by atoms with Gasteiger partial charge in [-0.05, 0) is 104 Å². The molecule has 0 spiro atoms. The zero-order valence-electron chi connectivity index (χ0n) is 38.0. The lowest BCUT2D eigenvalue weighted by Gasteiger charge is -2.26. The van der Waals surface area contributed by atoms with Crippen molar-refractivity contribution in [2.75, 3.05) is 4.90 Å². The minimum absolute atomic E-state index is 0.114. The molecule has 8 rings (SSSR count). The second-order valence-electron chi connectivity index (χ2n) is 10.8. The quantitative estimate of drug-likeness (QED) is 0.173. The molecule has 0 aliphatic carbocycles. The molecule has 0 amide bonds. The molecule has 0 radical (unpaired) electrons. The van der Waals surface area contributed by atoms with Crippen LogP contribution >= 0.6 is 0 Å². The van der Waals surface area contributed by atoms with Crippen LogP contribution in [0.3, 0.4) is 0 Å². The number of anilines is 3. The molecule has 0 heterocycles. The van der Waals surface area contributed by atoms with E-state index in [1.165, 1.54) is 0 Å². The summed E-state index contributed by atoms with van der Waals surface area (Å²) in [6.45, 7) is 0. The fraction of sp³-hybridized carbons (Fsp3) is 0. The monoisotopic (exact) mass is 612 g/mol. The first-order chi connectivity index (χ1) is 28.7. The summed E-state index contributed by atoms with van der Waals surface area (Å²) in [5, 5.41) is 2.29. The van der Waals surface area contributed by atoms with Gasteiger partial charge in [-0.15, -0.1) is 0 Å². The average molecular weight is 613 g/mol. The molecule has 0 bridgehead atoms. The van der Waals surface area contributed by atoms with Crippen molar-refractivity contribution in [2.45, 2.75) is 0 Å². The SMILES string of the molecule is [2H]c1c([2H])c([2H])c(-c2c([2H])c([2H])c(-c3c([2H])c([2H])c(N(c4ccccc4)c4ccc(-c5cccc(-c6ccc7ccccc7c6)c5)cc4)c([2H])c3[2H])c([2H])c2[2H])c([2H])c1[2H]. The summed E-state index contributed by atoms with van der Waals surface area (Å²) in [6.07, 6.45) is 0. The van der Waals surface area contributed by atoms with Gasteiger partial charge >= 0.3 is 0 Å². The molecular formula is C46H33N. The Morgan fingerprint density at radius 2 is 0.809 bits per heavy atom. The van der Waals surface area contributed by atoms with Gasteiger partial charge in [0.05, 0.1) is 17.8 Å². The molecule has 47 heavy (non-hydrogen) atoms. The second kappa shape index (κ2) is 12.7. The third-order valence-corrected chi connectivity index (χ3v) is 7.88. The van der Waals surface area contributed by atoms with E-state index < -0.39 is 101 Å². The third-order valence-electron chi connectivity index (χ3n) is 7.88. The maximum Gasteiger partial charge on any atom is 0.0645 e. The fourth-order valence-corrected chi connectivity index (χ4v) is 5.51. The highest BCUT2D eigenvalue weighted by molar-refractivity contribution is 5.88. The first-order valence-corrected chi connectivity index (χ1v) is 15.0. The Morgan fingerprint density at radius 1 is 0.298 bits per heavy atom. The Hall–Kier alpha value is -6.18. The first-order valence-electron chi connectivity index (χ1n) is 21.5. The number of hydrogen-bond acceptors (Lipinski definition) is 1. The van der Waals surface area contributed by atoms with Gasteiger partial charge in [0, 0.05) is 17.1 Å². The highest BCUT2D eigenvalue weighted by Gasteiger charge is 2.13. The highest BCUT2D eigenvalue weighted by atomic mass is 15.1. The maximum absolute atomic E-state index is 9.28. The van der Waals surface area contributed by atoms with Crippen LogP contribution in [0.1, 0.15) is 17.8 Å². The smallest absolute Gasteiger partial charge is 0.0645 e. The van der Waals surface area contributed by atoms with Crippen LogP contribution in [-0.2, 0) is 0 Å². The van der Waals surface area contributed by atoms with Crippen molar-refractivity contribution in [1.82, 2.24) is 0 Å². The molecular weight excluding hydrogens is 567 g/mol. The molecule has 222 valence electrons. The molecule has 1 nitrogen and oxygen atoms in total. The Morgan fingerprint density at radius 3 is 1.49 bits per heavy atom.